The van der Waals surface area contributed by atoms with Crippen molar-refractivity contribution in [1.29, 1.82) is 0 Å². The standard InChI is InChI=1S/C20H19Cl2N3O/c1-14-15(13-25(24-14)16-8-3-2-4-9-16)7-6-12-23-20(26)17-10-5-11-18(21)19(17)22/h2-5,8-11,13H,6-7,12H2,1H3,(H,23,26). The van der Waals surface area contributed by atoms with Crippen LogP contribution in [0.2, 0.25) is 10.0 Å². The normalized spacial score (nSPS) is 10.7. The van der Waals surface area contributed by atoms with E-state index in [-0.39, 0.29) is 10.9 Å². The Morgan fingerprint density at radius 3 is 2.65 bits per heavy atom. The second-order valence-electron chi connectivity index (χ2n) is 5.98. The van der Waals surface area contributed by atoms with E-state index in [1.807, 2.05) is 48.1 Å². The Morgan fingerprint density at radius 2 is 1.88 bits per heavy atom. The number of nitrogens with one attached hydrogen (secondary N) is 1. The van der Waals surface area contributed by atoms with Gasteiger partial charge in [0.2, 0.25) is 0 Å². The summed E-state index contributed by atoms with van der Waals surface area (Å²) in [6.45, 7) is 2.55. The van der Waals surface area contributed by atoms with Crippen LogP contribution in [0.5, 0.6) is 0 Å². The summed E-state index contributed by atoms with van der Waals surface area (Å²) in [5, 5.41) is 8.11. The topological polar surface area (TPSA) is 46.9 Å². The zero-order valence-electron chi connectivity index (χ0n) is 14.4. The van der Waals surface area contributed by atoms with Gasteiger partial charge in [-0.2, -0.15) is 5.10 Å². The Morgan fingerprint density at radius 1 is 1.12 bits per heavy atom. The minimum Gasteiger partial charge on any atom is -0.352 e. The van der Waals surface area contributed by atoms with E-state index >= 15 is 0 Å². The summed E-state index contributed by atoms with van der Waals surface area (Å²) in [5.41, 5.74) is 3.60. The summed E-state index contributed by atoms with van der Waals surface area (Å²) in [4.78, 5) is 12.2. The number of carbonyl (C=O) groups is 1. The van der Waals surface area contributed by atoms with Gasteiger partial charge in [0.15, 0.2) is 0 Å². The van der Waals surface area contributed by atoms with E-state index in [0.717, 1.165) is 24.2 Å². The minimum atomic E-state index is -0.214. The van der Waals surface area contributed by atoms with Crippen molar-refractivity contribution in [2.45, 2.75) is 19.8 Å². The highest BCUT2D eigenvalue weighted by Crippen LogP contribution is 2.25. The number of aromatic nitrogens is 2. The van der Waals surface area contributed by atoms with Crippen molar-refractivity contribution in [3.63, 3.8) is 0 Å². The number of nitrogens with zero attached hydrogens (tertiary/aromatic N) is 2. The van der Waals surface area contributed by atoms with E-state index in [1.165, 1.54) is 5.56 Å². The molecule has 1 aromatic heterocycles. The van der Waals surface area contributed by atoms with Gasteiger partial charge < -0.3 is 5.32 Å². The number of halogens is 2. The summed E-state index contributed by atoms with van der Waals surface area (Å²) in [7, 11) is 0. The Balaban J connectivity index is 1.55. The fourth-order valence-electron chi connectivity index (χ4n) is 2.71. The average molecular weight is 388 g/mol. The van der Waals surface area contributed by atoms with E-state index in [2.05, 4.69) is 10.4 Å². The number of carbonyl (C=O) groups excluding carboxylic acids is 1. The molecule has 3 rings (SSSR count). The zero-order chi connectivity index (χ0) is 18.5. The van der Waals surface area contributed by atoms with Crippen molar-refractivity contribution in [2.24, 2.45) is 0 Å². The molecule has 134 valence electrons. The van der Waals surface area contributed by atoms with Gasteiger partial charge in [-0.3, -0.25) is 4.79 Å². The summed E-state index contributed by atoms with van der Waals surface area (Å²) >= 11 is 12.0. The number of para-hydroxylation sites is 1. The third-order valence-electron chi connectivity index (χ3n) is 4.13. The molecule has 6 heteroatoms. The number of rotatable bonds is 6. The van der Waals surface area contributed by atoms with Crippen LogP contribution in [0.1, 0.15) is 28.0 Å². The summed E-state index contributed by atoms with van der Waals surface area (Å²) in [5.74, 6) is -0.214. The molecule has 0 fully saturated rings. The number of hydrogen-bond donors (Lipinski definition) is 1. The van der Waals surface area contributed by atoms with E-state index in [9.17, 15) is 4.79 Å². The van der Waals surface area contributed by atoms with E-state index in [0.29, 0.717) is 17.1 Å². The van der Waals surface area contributed by atoms with Gasteiger partial charge in [-0.15, -0.1) is 0 Å². The summed E-state index contributed by atoms with van der Waals surface area (Å²) in [6.07, 6.45) is 3.69. The Kier molecular flexibility index (Phi) is 5.96. The molecule has 0 atom stereocenters. The molecule has 0 bridgehead atoms. The molecule has 0 aliphatic carbocycles. The van der Waals surface area contributed by atoms with Gasteiger partial charge in [0.05, 0.1) is 27.0 Å². The molecule has 1 amide bonds. The molecule has 0 aliphatic rings. The van der Waals surface area contributed by atoms with Crippen LogP contribution >= 0.6 is 23.2 Å². The first-order chi connectivity index (χ1) is 12.6. The highest BCUT2D eigenvalue weighted by atomic mass is 35.5. The Bertz CT molecular complexity index is 907. The first-order valence-corrected chi connectivity index (χ1v) is 9.14. The zero-order valence-corrected chi connectivity index (χ0v) is 15.9. The SMILES string of the molecule is Cc1nn(-c2ccccc2)cc1CCCNC(=O)c1cccc(Cl)c1Cl. The molecule has 0 radical (unpaired) electrons. The maximum atomic E-state index is 12.2. The Hall–Kier alpha value is -2.30. The van der Waals surface area contributed by atoms with Crippen LogP contribution in [0.15, 0.2) is 54.7 Å². The van der Waals surface area contributed by atoms with Gasteiger partial charge in [-0.1, -0.05) is 47.5 Å². The lowest BCUT2D eigenvalue weighted by Crippen LogP contribution is -2.25. The number of aryl methyl sites for hydroxylation is 2. The molecule has 1 N–H and O–H groups in total. The van der Waals surface area contributed by atoms with Gasteiger partial charge in [-0.25, -0.2) is 4.68 Å². The van der Waals surface area contributed by atoms with Crippen LogP contribution in [-0.2, 0) is 6.42 Å². The molecular weight excluding hydrogens is 369 g/mol. The fourth-order valence-corrected chi connectivity index (χ4v) is 3.10. The van der Waals surface area contributed by atoms with Crippen molar-refractivity contribution >= 4 is 29.1 Å². The quantitative estimate of drug-likeness (QED) is 0.614. The van der Waals surface area contributed by atoms with Crippen molar-refractivity contribution in [3.05, 3.63) is 81.6 Å². The lowest BCUT2D eigenvalue weighted by molar-refractivity contribution is 0.0953. The minimum absolute atomic E-state index is 0.214. The van der Waals surface area contributed by atoms with Crippen LogP contribution in [0, 0.1) is 6.92 Å². The van der Waals surface area contributed by atoms with Gasteiger partial charge in [-0.05, 0) is 49.6 Å². The molecule has 4 nitrogen and oxygen atoms in total. The van der Waals surface area contributed by atoms with E-state index in [1.54, 1.807) is 18.2 Å². The highest BCUT2D eigenvalue weighted by molar-refractivity contribution is 6.43. The molecule has 2 aromatic carbocycles. The average Bonchev–Trinajstić information content (AvgIpc) is 3.02. The predicted octanol–water partition coefficient (Wildman–Crippen LogP) is 4.85. The van der Waals surface area contributed by atoms with Crippen molar-refractivity contribution < 1.29 is 4.79 Å². The fraction of sp³-hybridized carbons (Fsp3) is 0.200. The van der Waals surface area contributed by atoms with Gasteiger partial charge >= 0.3 is 0 Å². The van der Waals surface area contributed by atoms with E-state index in [4.69, 9.17) is 23.2 Å². The lowest BCUT2D eigenvalue weighted by atomic mass is 10.1. The molecule has 3 aromatic rings. The van der Waals surface area contributed by atoms with Gasteiger partial charge in [0.1, 0.15) is 0 Å². The van der Waals surface area contributed by atoms with Crippen LogP contribution in [-0.4, -0.2) is 22.2 Å². The second kappa shape index (κ2) is 8.39. The van der Waals surface area contributed by atoms with Gasteiger partial charge in [0.25, 0.3) is 5.91 Å². The van der Waals surface area contributed by atoms with Crippen molar-refractivity contribution in [3.8, 4) is 5.69 Å². The second-order valence-corrected chi connectivity index (χ2v) is 6.77. The summed E-state index contributed by atoms with van der Waals surface area (Å²) in [6, 6.07) is 15.0. The van der Waals surface area contributed by atoms with Crippen molar-refractivity contribution in [2.75, 3.05) is 6.54 Å². The molecular formula is C20H19Cl2N3O. The monoisotopic (exact) mass is 387 g/mol. The number of amides is 1. The largest absolute Gasteiger partial charge is 0.352 e. The maximum absolute atomic E-state index is 12.2. The molecule has 0 aliphatic heterocycles. The van der Waals surface area contributed by atoms with Crippen molar-refractivity contribution in [1.82, 2.24) is 15.1 Å². The van der Waals surface area contributed by atoms with Gasteiger partial charge in [0, 0.05) is 12.7 Å². The molecule has 0 unspecified atom stereocenters. The molecule has 0 saturated heterocycles. The van der Waals surface area contributed by atoms with Crippen LogP contribution in [0.3, 0.4) is 0 Å². The molecule has 26 heavy (non-hydrogen) atoms. The molecule has 0 saturated carbocycles. The lowest BCUT2D eigenvalue weighted by Gasteiger charge is -2.07. The maximum Gasteiger partial charge on any atom is 0.252 e. The number of benzene rings is 2. The third kappa shape index (κ3) is 4.26. The van der Waals surface area contributed by atoms with Crippen LogP contribution in [0.4, 0.5) is 0 Å². The molecule has 1 heterocycles. The van der Waals surface area contributed by atoms with Crippen LogP contribution in [0.25, 0.3) is 5.69 Å². The third-order valence-corrected chi connectivity index (χ3v) is 4.94. The Labute approximate surface area is 162 Å². The van der Waals surface area contributed by atoms with Crippen LogP contribution < -0.4 is 5.32 Å². The predicted molar refractivity (Wildman–Crippen MR) is 105 cm³/mol. The summed E-state index contributed by atoms with van der Waals surface area (Å²) < 4.78 is 1.88. The first-order valence-electron chi connectivity index (χ1n) is 8.39. The smallest absolute Gasteiger partial charge is 0.252 e. The van der Waals surface area contributed by atoms with E-state index < -0.39 is 0 Å². The first kappa shape index (κ1) is 18.5. The molecule has 0 spiro atoms. The number of hydrogen-bond acceptors (Lipinski definition) is 2. The highest BCUT2D eigenvalue weighted by Gasteiger charge is 2.12.